The highest BCUT2D eigenvalue weighted by Crippen LogP contribution is 2.39. The van der Waals surface area contributed by atoms with Crippen LogP contribution >= 0.6 is 0 Å². The lowest BCUT2D eigenvalue weighted by atomic mass is 9.82. The molecule has 4 heterocycles. The van der Waals surface area contributed by atoms with Crippen molar-refractivity contribution in [3.8, 4) is 5.69 Å². The zero-order valence-corrected chi connectivity index (χ0v) is 25.9. The maximum absolute atomic E-state index is 14.3. The molecule has 43 heavy (non-hydrogen) atoms. The van der Waals surface area contributed by atoms with Crippen molar-refractivity contribution in [1.82, 2.24) is 13.9 Å². The minimum Gasteiger partial charge on any atom is -0.384 e. The van der Waals surface area contributed by atoms with Gasteiger partial charge in [-0.15, -0.1) is 0 Å². The molecule has 11 heteroatoms. The second-order valence-electron chi connectivity index (χ2n) is 11.3. The van der Waals surface area contributed by atoms with Gasteiger partial charge >= 0.3 is 24.4 Å². The number of rotatable bonds is 9. The monoisotopic (exact) mass is 600 g/mol. The maximum Gasteiger partial charge on any atom is 0.418 e. The Morgan fingerprint density at radius 3 is 2.58 bits per heavy atom. The first kappa shape index (κ1) is 32.6. The Morgan fingerprint density at radius 1 is 1.19 bits per heavy atom. The summed E-state index contributed by atoms with van der Waals surface area (Å²) < 4.78 is 52.6. The van der Waals surface area contributed by atoms with Crippen LogP contribution in [0.4, 0.5) is 13.2 Å². The number of hydrogen-bond donors (Lipinski definition) is 0. The Morgan fingerprint density at radius 2 is 1.95 bits per heavy atom. The molecule has 1 unspecified atom stereocenters. The lowest BCUT2D eigenvalue weighted by molar-refractivity contribution is -0.480. The minimum atomic E-state index is -4.61. The highest BCUT2D eigenvalue weighted by Gasteiger charge is 2.40. The number of nitrogens with zero attached hydrogens (tertiary/aromatic N) is 6. The first-order valence-corrected chi connectivity index (χ1v) is 15.1. The summed E-state index contributed by atoms with van der Waals surface area (Å²) in [6.07, 6.45) is 3.56. The number of fused-ring (bicyclic) bond motifs is 1. The second kappa shape index (κ2) is 14.0. The number of methoxy groups -OCH3 is 1. The molecule has 2 aliphatic heterocycles. The Hall–Kier alpha value is -3.31. The molecule has 8 nitrogen and oxygen atoms in total. The number of piperidine rings is 1. The molecule has 5 rings (SSSR count). The standard InChI is InChI=1S/C30H37F3N6O2.C2H6/c1-5-22(18-41-4)27(28-35-34-19-36(28)3)23-9-6-10-24(13-23)38-17-26-25(30(31,32)33)12-21(16-39(26)29(38)40)15-37-11-7-8-20(2)14-37;1-2/h6,9-10,12-13,16-17,19-20,22,27H,5,7-8,11,14-15,18H2,1-4H3;1-2H3/q+1;/t20-,22?,27-;/m0./s1. The number of ether oxygens (including phenoxy) is 1. The van der Waals surface area contributed by atoms with E-state index in [1.165, 1.54) is 16.8 Å². The van der Waals surface area contributed by atoms with Crippen molar-refractivity contribution in [2.24, 2.45) is 22.1 Å². The number of alkyl halides is 3. The number of imidazole rings is 1. The van der Waals surface area contributed by atoms with Crippen LogP contribution in [0, 0.1) is 18.0 Å². The number of pyridine rings is 1. The van der Waals surface area contributed by atoms with Crippen LogP contribution < -0.4 is 5.69 Å². The molecular formula is C32H43F3N6O2+. The van der Waals surface area contributed by atoms with E-state index in [1.807, 2.05) is 43.7 Å². The van der Waals surface area contributed by atoms with Gasteiger partial charge in [-0.3, -0.25) is 13.9 Å². The fourth-order valence-corrected chi connectivity index (χ4v) is 6.17. The van der Waals surface area contributed by atoms with Crippen molar-refractivity contribution in [3.05, 3.63) is 76.1 Å². The van der Waals surface area contributed by atoms with Gasteiger partial charge in [0.05, 0.1) is 34.8 Å². The molecule has 0 N–H and O–H groups in total. The highest BCUT2D eigenvalue weighted by atomic mass is 19.4. The number of halogens is 3. The Kier molecular flexibility index (Phi) is 10.6. The largest absolute Gasteiger partial charge is 0.418 e. The van der Waals surface area contributed by atoms with Crippen LogP contribution in [-0.4, -0.2) is 58.6 Å². The molecule has 233 valence electrons. The molecule has 2 aromatic heterocycles. The van der Waals surface area contributed by atoms with Gasteiger partial charge in [-0.2, -0.15) is 13.2 Å². The number of likely N-dealkylation sites (N-methyl/N-ethyl adjacent to an activating group) is 1. The van der Waals surface area contributed by atoms with Gasteiger partial charge in [0.25, 0.3) is 0 Å². The minimum absolute atomic E-state index is 0.0693. The smallest absolute Gasteiger partial charge is 0.384 e. The van der Waals surface area contributed by atoms with Crippen LogP contribution in [0.5, 0.6) is 0 Å². The van der Waals surface area contributed by atoms with Gasteiger partial charge in [0, 0.05) is 39.2 Å². The van der Waals surface area contributed by atoms with Crippen molar-refractivity contribution in [1.29, 1.82) is 0 Å². The third-order valence-electron chi connectivity index (χ3n) is 8.19. The Balaban J connectivity index is 0.00000207. The first-order valence-electron chi connectivity index (χ1n) is 15.1. The van der Waals surface area contributed by atoms with Gasteiger partial charge < -0.3 is 4.74 Å². The third-order valence-corrected chi connectivity index (χ3v) is 8.19. The highest BCUT2D eigenvalue weighted by molar-refractivity contribution is 5.58. The molecule has 0 amide bonds. The van der Waals surface area contributed by atoms with Crippen molar-refractivity contribution in [2.45, 2.75) is 65.6 Å². The molecule has 0 saturated carbocycles. The van der Waals surface area contributed by atoms with Crippen molar-refractivity contribution in [3.63, 3.8) is 0 Å². The second-order valence-corrected chi connectivity index (χ2v) is 11.3. The summed E-state index contributed by atoms with van der Waals surface area (Å²) in [4.78, 5) is 15.8. The van der Waals surface area contributed by atoms with Crippen LogP contribution in [0.3, 0.4) is 0 Å². The molecule has 0 spiro atoms. The normalized spacial score (nSPS) is 19.3. The molecule has 1 aromatic carbocycles. The van der Waals surface area contributed by atoms with E-state index in [2.05, 4.69) is 29.0 Å². The number of hydrogen-bond acceptors (Lipinski definition) is 5. The van der Waals surface area contributed by atoms with E-state index in [9.17, 15) is 18.0 Å². The lowest BCUT2D eigenvalue weighted by Gasteiger charge is -2.31. The van der Waals surface area contributed by atoms with E-state index in [1.54, 1.807) is 25.7 Å². The van der Waals surface area contributed by atoms with E-state index < -0.39 is 17.4 Å². The van der Waals surface area contributed by atoms with Crippen molar-refractivity contribution >= 4 is 11.9 Å². The van der Waals surface area contributed by atoms with Crippen molar-refractivity contribution < 1.29 is 22.5 Å². The fraction of sp³-hybridized carbons (Fsp3) is 0.531. The van der Waals surface area contributed by atoms with E-state index in [0.29, 0.717) is 30.3 Å². The molecule has 3 atom stereocenters. The topological polar surface area (TPSA) is 66.6 Å². The van der Waals surface area contributed by atoms with Crippen molar-refractivity contribution in [2.75, 3.05) is 33.9 Å². The fourth-order valence-electron chi connectivity index (χ4n) is 6.17. The third kappa shape index (κ3) is 7.09. The van der Waals surface area contributed by atoms with Crippen LogP contribution in [0.1, 0.15) is 69.6 Å². The van der Waals surface area contributed by atoms with Crippen LogP contribution in [0.25, 0.3) is 11.2 Å². The molecule has 1 radical (unpaired) electrons. The van der Waals surface area contributed by atoms with Gasteiger partial charge in [-0.05, 0) is 65.7 Å². The summed E-state index contributed by atoms with van der Waals surface area (Å²) in [6, 6.07) is 8.53. The predicted molar refractivity (Wildman–Crippen MR) is 162 cm³/mol. The van der Waals surface area contributed by atoms with E-state index in [0.717, 1.165) is 48.5 Å². The molecule has 0 aliphatic carbocycles. The summed E-state index contributed by atoms with van der Waals surface area (Å²) in [5, 5.41) is 8.41. The van der Waals surface area contributed by atoms with E-state index >= 15 is 0 Å². The zero-order valence-electron chi connectivity index (χ0n) is 25.9. The number of aromatic nitrogens is 2. The quantitative estimate of drug-likeness (QED) is 0.255. The maximum atomic E-state index is 14.3. The Bertz CT molecular complexity index is 1510. The molecular weight excluding hydrogens is 557 g/mol. The van der Waals surface area contributed by atoms with E-state index in [-0.39, 0.29) is 17.4 Å². The average Bonchev–Trinajstić information content (AvgIpc) is 3.55. The average molecular weight is 601 g/mol. The Labute approximate surface area is 251 Å². The van der Waals surface area contributed by atoms with Crippen LogP contribution in [0.15, 0.2) is 57.7 Å². The molecule has 0 bridgehead atoms. The van der Waals surface area contributed by atoms with Crippen LogP contribution in [-0.2, 0) is 17.5 Å². The zero-order chi connectivity index (χ0) is 31.3. The van der Waals surface area contributed by atoms with Gasteiger partial charge in [0.2, 0.25) is 0 Å². The number of likely N-dealkylation sites (tertiary alicyclic amines) is 1. The predicted octanol–water partition coefficient (Wildman–Crippen LogP) is 6.75. The van der Waals surface area contributed by atoms with Gasteiger partial charge in [0.1, 0.15) is 0 Å². The lowest BCUT2D eigenvalue weighted by Crippen LogP contribution is -2.34. The summed E-state index contributed by atoms with van der Waals surface area (Å²) in [7, 11) is 3.52. The molecule has 1 fully saturated rings. The number of benzene rings is 1. The molecule has 3 aromatic rings. The number of azo groups is 1. The molecule has 2 aliphatic rings. The van der Waals surface area contributed by atoms with Gasteiger partial charge in [-0.25, -0.2) is 9.37 Å². The SMILES string of the molecule is CC.CCC(COC)[C@H]([C]1N=NC=[N+]1C)c1cccc(-n2cc3c(C(F)(F)F)cc(CN4CCC[C@H](C)C4)cn3c2=O)c1. The molecule has 1 saturated heterocycles. The first-order chi connectivity index (χ1) is 20.6. The summed E-state index contributed by atoms with van der Waals surface area (Å²) in [6.45, 7) is 10.7. The summed E-state index contributed by atoms with van der Waals surface area (Å²) >= 11 is 0. The van der Waals surface area contributed by atoms with Gasteiger partial charge in [-0.1, -0.05) is 46.2 Å². The summed E-state index contributed by atoms with van der Waals surface area (Å²) in [5.41, 5.74) is 0.307. The van der Waals surface area contributed by atoms with Gasteiger partial charge in [0.15, 0.2) is 0 Å². The summed E-state index contributed by atoms with van der Waals surface area (Å²) in [5.74, 6) is 0.372. The van der Waals surface area contributed by atoms with Crippen LogP contribution in [0.2, 0.25) is 0 Å². The van der Waals surface area contributed by atoms with E-state index in [4.69, 9.17) is 4.74 Å².